The van der Waals surface area contributed by atoms with Crippen LogP contribution in [0.15, 0.2) is 42.6 Å². The maximum absolute atomic E-state index is 12.9. The summed E-state index contributed by atoms with van der Waals surface area (Å²) >= 11 is 0. The van der Waals surface area contributed by atoms with Crippen LogP contribution in [0.3, 0.4) is 0 Å². The number of nitrogens with two attached hydrogens (primary N) is 1. The molecule has 3 aromatic rings. The molecule has 0 saturated heterocycles. The van der Waals surface area contributed by atoms with Gasteiger partial charge in [0.25, 0.3) is 0 Å². The molecule has 0 aliphatic heterocycles. The lowest BCUT2D eigenvalue weighted by molar-refractivity contribution is 0.627. The molecule has 0 aliphatic carbocycles. The highest BCUT2D eigenvalue weighted by atomic mass is 19.1. The first-order valence-electron chi connectivity index (χ1n) is 5.11. The molecule has 2 N–H and O–H groups in total. The Kier molecular flexibility index (Phi) is 2.04. The smallest absolute Gasteiger partial charge is 0.165 e. The Hall–Kier alpha value is -2.43. The number of anilines is 1. The number of nitrogens with zero attached hydrogens (tertiary/aromatic N) is 3. The molecule has 5 heteroatoms. The first-order valence-corrected chi connectivity index (χ1v) is 5.11. The van der Waals surface area contributed by atoms with E-state index in [1.807, 2.05) is 6.07 Å². The lowest BCUT2D eigenvalue weighted by Gasteiger charge is -2.01. The number of nitrogen functional groups attached to an aromatic ring is 1. The SMILES string of the molecule is Nc1nn(-c2ccc(F)cc2)c2ncccc12. The minimum Gasteiger partial charge on any atom is -0.382 e. The van der Waals surface area contributed by atoms with Gasteiger partial charge in [-0.05, 0) is 36.4 Å². The predicted molar refractivity (Wildman–Crippen MR) is 63.2 cm³/mol. The highest BCUT2D eigenvalue weighted by Gasteiger charge is 2.09. The minimum atomic E-state index is -0.286. The average Bonchev–Trinajstić information content (AvgIpc) is 2.69. The van der Waals surface area contributed by atoms with Crippen LogP contribution in [0.2, 0.25) is 0 Å². The Labute approximate surface area is 96.5 Å². The van der Waals surface area contributed by atoms with Crippen molar-refractivity contribution in [3.8, 4) is 5.69 Å². The number of hydrogen-bond acceptors (Lipinski definition) is 3. The molecule has 0 spiro atoms. The van der Waals surface area contributed by atoms with E-state index < -0.39 is 0 Å². The monoisotopic (exact) mass is 228 g/mol. The molecule has 2 heterocycles. The molecule has 1 aromatic carbocycles. The number of pyridine rings is 1. The Morgan fingerprint density at radius 3 is 2.65 bits per heavy atom. The van der Waals surface area contributed by atoms with Crippen LogP contribution in [-0.4, -0.2) is 14.8 Å². The van der Waals surface area contributed by atoms with Crippen LogP contribution in [-0.2, 0) is 0 Å². The summed E-state index contributed by atoms with van der Waals surface area (Å²) in [5, 5.41) is 4.99. The zero-order valence-electron chi connectivity index (χ0n) is 8.84. The van der Waals surface area contributed by atoms with Crippen LogP contribution in [0.4, 0.5) is 10.2 Å². The van der Waals surface area contributed by atoms with Gasteiger partial charge in [0.2, 0.25) is 0 Å². The van der Waals surface area contributed by atoms with Gasteiger partial charge in [-0.2, -0.15) is 0 Å². The van der Waals surface area contributed by atoms with Crippen molar-refractivity contribution in [1.29, 1.82) is 0 Å². The van der Waals surface area contributed by atoms with E-state index >= 15 is 0 Å². The standard InChI is InChI=1S/C12H9FN4/c13-8-3-5-9(6-4-8)17-12-10(11(14)16-17)2-1-7-15-12/h1-7H,(H2,14,16). The number of benzene rings is 1. The number of hydrogen-bond donors (Lipinski definition) is 1. The summed E-state index contributed by atoms with van der Waals surface area (Å²) in [6.07, 6.45) is 1.67. The molecule has 4 nitrogen and oxygen atoms in total. The van der Waals surface area contributed by atoms with Crippen molar-refractivity contribution in [1.82, 2.24) is 14.8 Å². The maximum atomic E-state index is 12.9. The largest absolute Gasteiger partial charge is 0.382 e. The van der Waals surface area contributed by atoms with E-state index in [1.165, 1.54) is 12.1 Å². The Morgan fingerprint density at radius 1 is 1.12 bits per heavy atom. The number of rotatable bonds is 1. The van der Waals surface area contributed by atoms with Crippen LogP contribution < -0.4 is 5.73 Å². The molecule has 0 saturated carbocycles. The normalized spacial score (nSPS) is 10.9. The predicted octanol–water partition coefficient (Wildman–Crippen LogP) is 2.14. The fourth-order valence-corrected chi connectivity index (χ4v) is 1.74. The maximum Gasteiger partial charge on any atom is 0.165 e. The van der Waals surface area contributed by atoms with Gasteiger partial charge in [-0.25, -0.2) is 14.1 Å². The van der Waals surface area contributed by atoms with E-state index in [4.69, 9.17) is 5.73 Å². The molecule has 0 atom stereocenters. The number of halogens is 1. The van der Waals surface area contributed by atoms with E-state index in [9.17, 15) is 4.39 Å². The summed E-state index contributed by atoms with van der Waals surface area (Å²) in [5.74, 6) is 0.128. The third-order valence-corrected chi connectivity index (χ3v) is 2.54. The second-order valence-corrected chi connectivity index (χ2v) is 3.65. The van der Waals surface area contributed by atoms with Gasteiger partial charge in [0.05, 0.1) is 11.1 Å². The molecular formula is C12H9FN4. The number of fused-ring (bicyclic) bond motifs is 1. The summed E-state index contributed by atoms with van der Waals surface area (Å²) < 4.78 is 14.5. The molecule has 0 amide bonds. The summed E-state index contributed by atoms with van der Waals surface area (Å²) in [6, 6.07) is 9.68. The molecule has 0 fully saturated rings. The second-order valence-electron chi connectivity index (χ2n) is 3.65. The van der Waals surface area contributed by atoms with Gasteiger partial charge in [-0.15, -0.1) is 5.10 Å². The van der Waals surface area contributed by atoms with Crippen LogP contribution in [0.1, 0.15) is 0 Å². The molecule has 84 valence electrons. The summed E-state index contributed by atoms with van der Waals surface area (Å²) in [6.45, 7) is 0. The summed E-state index contributed by atoms with van der Waals surface area (Å²) in [7, 11) is 0. The van der Waals surface area contributed by atoms with Gasteiger partial charge in [0.15, 0.2) is 11.5 Å². The van der Waals surface area contributed by atoms with Crippen LogP contribution in [0, 0.1) is 5.82 Å². The van der Waals surface area contributed by atoms with Crippen molar-refractivity contribution in [2.45, 2.75) is 0 Å². The van der Waals surface area contributed by atoms with Gasteiger partial charge in [-0.3, -0.25) is 0 Å². The van der Waals surface area contributed by atoms with E-state index in [-0.39, 0.29) is 5.82 Å². The quantitative estimate of drug-likeness (QED) is 0.694. The van der Waals surface area contributed by atoms with E-state index in [0.29, 0.717) is 11.5 Å². The minimum absolute atomic E-state index is 0.286. The van der Waals surface area contributed by atoms with Crippen molar-refractivity contribution in [2.75, 3.05) is 5.73 Å². The molecule has 3 rings (SSSR count). The Morgan fingerprint density at radius 2 is 1.88 bits per heavy atom. The topological polar surface area (TPSA) is 56.7 Å². The van der Waals surface area contributed by atoms with Crippen molar-refractivity contribution in [3.05, 3.63) is 48.4 Å². The molecule has 17 heavy (non-hydrogen) atoms. The zero-order valence-corrected chi connectivity index (χ0v) is 8.84. The van der Waals surface area contributed by atoms with Crippen LogP contribution >= 0.6 is 0 Å². The average molecular weight is 228 g/mol. The fraction of sp³-hybridized carbons (Fsp3) is 0. The lowest BCUT2D eigenvalue weighted by Crippen LogP contribution is -1.98. The van der Waals surface area contributed by atoms with Gasteiger partial charge < -0.3 is 5.73 Å². The fourth-order valence-electron chi connectivity index (χ4n) is 1.74. The van der Waals surface area contributed by atoms with Gasteiger partial charge >= 0.3 is 0 Å². The first-order chi connectivity index (χ1) is 8.25. The molecule has 0 radical (unpaired) electrons. The second kappa shape index (κ2) is 3.55. The Balaban J connectivity index is 2.27. The Bertz CT molecular complexity index is 673. The van der Waals surface area contributed by atoms with Crippen molar-refractivity contribution in [3.63, 3.8) is 0 Å². The third kappa shape index (κ3) is 1.52. The van der Waals surface area contributed by atoms with E-state index in [0.717, 1.165) is 11.1 Å². The first kappa shape index (κ1) is 9.77. The van der Waals surface area contributed by atoms with Crippen molar-refractivity contribution >= 4 is 16.9 Å². The molecule has 2 aromatic heterocycles. The van der Waals surface area contributed by atoms with Crippen LogP contribution in [0.25, 0.3) is 16.7 Å². The molecule has 0 unspecified atom stereocenters. The molecule has 0 aliphatic rings. The van der Waals surface area contributed by atoms with E-state index in [1.54, 1.807) is 29.1 Å². The van der Waals surface area contributed by atoms with Crippen molar-refractivity contribution in [2.24, 2.45) is 0 Å². The summed E-state index contributed by atoms with van der Waals surface area (Å²) in [5.41, 5.74) is 7.19. The van der Waals surface area contributed by atoms with Crippen molar-refractivity contribution < 1.29 is 4.39 Å². The zero-order chi connectivity index (χ0) is 11.8. The van der Waals surface area contributed by atoms with Gasteiger partial charge in [-0.1, -0.05) is 0 Å². The number of aromatic nitrogens is 3. The highest BCUT2D eigenvalue weighted by Crippen LogP contribution is 2.21. The third-order valence-electron chi connectivity index (χ3n) is 2.54. The molecule has 0 bridgehead atoms. The molecular weight excluding hydrogens is 219 g/mol. The van der Waals surface area contributed by atoms with Crippen LogP contribution in [0.5, 0.6) is 0 Å². The van der Waals surface area contributed by atoms with E-state index in [2.05, 4.69) is 10.1 Å². The highest BCUT2D eigenvalue weighted by molar-refractivity contribution is 5.87. The van der Waals surface area contributed by atoms with Gasteiger partial charge in [0.1, 0.15) is 5.82 Å². The van der Waals surface area contributed by atoms with Gasteiger partial charge in [0, 0.05) is 6.20 Å². The lowest BCUT2D eigenvalue weighted by atomic mass is 10.3. The summed E-state index contributed by atoms with van der Waals surface area (Å²) in [4.78, 5) is 4.23.